The Morgan fingerprint density at radius 2 is 2.14 bits per heavy atom. The zero-order valence-corrected chi connectivity index (χ0v) is 8.87. The Bertz CT molecular complexity index is 300. The zero-order valence-electron chi connectivity index (χ0n) is 8.05. The maximum absolute atomic E-state index is 8.65. The summed E-state index contributed by atoms with van der Waals surface area (Å²) in [5, 5.41) is 11.7. The van der Waals surface area contributed by atoms with Gasteiger partial charge in [0.25, 0.3) is 0 Å². The third kappa shape index (κ3) is 2.67. The van der Waals surface area contributed by atoms with Gasteiger partial charge in [0.2, 0.25) is 0 Å². The molecule has 0 fully saturated rings. The first-order valence-corrected chi connectivity index (χ1v) is 5.70. The van der Waals surface area contributed by atoms with Crippen LogP contribution in [0.15, 0.2) is 35.5 Å². The van der Waals surface area contributed by atoms with Crippen molar-refractivity contribution in [2.75, 3.05) is 12.0 Å². The summed E-state index contributed by atoms with van der Waals surface area (Å²) in [5.41, 5.74) is 6.70. The van der Waals surface area contributed by atoms with Crippen LogP contribution >= 0.6 is 11.8 Å². The van der Waals surface area contributed by atoms with Crippen molar-refractivity contribution in [2.45, 2.75) is 5.92 Å². The molecule has 14 heavy (non-hydrogen) atoms. The van der Waals surface area contributed by atoms with Crippen molar-refractivity contribution in [2.24, 2.45) is 10.9 Å². The molecular weight excluding hydrogens is 196 g/mol. The van der Waals surface area contributed by atoms with Crippen LogP contribution < -0.4 is 5.73 Å². The maximum atomic E-state index is 8.65. The summed E-state index contributed by atoms with van der Waals surface area (Å²) in [5.74, 6) is 1.08. The van der Waals surface area contributed by atoms with Crippen LogP contribution in [0.2, 0.25) is 0 Å². The molecule has 0 saturated heterocycles. The summed E-state index contributed by atoms with van der Waals surface area (Å²) < 4.78 is 0. The second-order valence-corrected chi connectivity index (χ2v) is 3.85. The number of hydrogen-bond donors (Lipinski definition) is 2. The number of hydrogen-bond acceptors (Lipinski definition) is 3. The van der Waals surface area contributed by atoms with Crippen molar-refractivity contribution < 1.29 is 5.21 Å². The van der Waals surface area contributed by atoms with Crippen molar-refractivity contribution in [3.05, 3.63) is 35.9 Å². The minimum Gasteiger partial charge on any atom is -0.409 e. The number of benzene rings is 1. The van der Waals surface area contributed by atoms with Crippen LogP contribution in [0, 0.1) is 0 Å². The number of oxime groups is 1. The molecule has 0 aliphatic rings. The van der Waals surface area contributed by atoms with Crippen LogP contribution in [0.4, 0.5) is 0 Å². The van der Waals surface area contributed by atoms with E-state index in [2.05, 4.69) is 5.16 Å². The monoisotopic (exact) mass is 210 g/mol. The third-order valence-corrected chi connectivity index (χ3v) is 2.67. The molecule has 1 aromatic carbocycles. The lowest BCUT2D eigenvalue weighted by atomic mass is 10.0. The smallest absolute Gasteiger partial charge is 0.147 e. The molecule has 3 nitrogen and oxygen atoms in total. The van der Waals surface area contributed by atoms with E-state index in [0.717, 1.165) is 11.3 Å². The normalized spacial score (nSPS) is 13.9. The van der Waals surface area contributed by atoms with Crippen molar-refractivity contribution >= 4 is 17.6 Å². The Balaban J connectivity index is 2.89. The molecule has 76 valence electrons. The Labute approximate surface area is 88.0 Å². The number of rotatable bonds is 4. The second kappa shape index (κ2) is 5.54. The van der Waals surface area contributed by atoms with E-state index in [-0.39, 0.29) is 11.8 Å². The SMILES string of the molecule is CSCC(C(N)=NO)c1ccccc1. The Hall–Kier alpha value is -1.16. The van der Waals surface area contributed by atoms with E-state index in [1.54, 1.807) is 11.8 Å². The summed E-state index contributed by atoms with van der Waals surface area (Å²) in [6.45, 7) is 0. The highest BCUT2D eigenvalue weighted by atomic mass is 32.2. The average molecular weight is 210 g/mol. The van der Waals surface area contributed by atoms with Gasteiger partial charge in [0.15, 0.2) is 0 Å². The van der Waals surface area contributed by atoms with Gasteiger partial charge in [-0.15, -0.1) is 0 Å². The van der Waals surface area contributed by atoms with E-state index in [4.69, 9.17) is 10.9 Å². The number of amidine groups is 1. The molecule has 0 amide bonds. The van der Waals surface area contributed by atoms with Gasteiger partial charge in [-0.05, 0) is 11.8 Å². The summed E-state index contributed by atoms with van der Waals surface area (Å²) in [6.07, 6.45) is 2.00. The summed E-state index contributed by atoms with van der Waals surface area (Å²) >= 11 is 1.68. The molecule has 1 unspecified atom stereocenters. The minimum atomic E-state index is -0.00352. The van der Waals surface area contributed by atoms with Crippen molar-refractivity contribution in [1.82, 2.24) is 0 Å². The summed E-state index contributed by atoms with van der Waals surface area (Å²) in [7, 11) is 0. The predicted molar refractivity (Wildman–Crippen MR) is 61.0 cm³/mol. The quantitative estimate of drug-likeness (QED) is 0.345. The van der Waals surface area contributed by atoms with Crippen molar-refractivity contribution in [1.29, 1.82) is 0 Å². The Kier molecular flexibility index (Phi) is 4.32. The van der Waals surface area contributed by atoms with E-state index in [0.29, 0.717) is 0 Å². The van der Waals surface area contributed by atoms with Crippen LogP contribution in [0.3, 0.4) is 0 Å². The summed E-state index contributed by atoms with van der Waals surface area (Å²) in [6, 6.07) is 9.82. The van der Waals surface area contributed by atoms with Crippen LogP contribution in [0.5, 0.6) is 0 Å². The molecule has 3 N–H and O–H groups in total. The van der Waals surface area contributed by atoms with Crippen molar-refractivity contribution in [3.8, 4) is 0 Å². The number of nitrogens with zero attached hydrogens (tertiary/aromatic N) is 1. The Morgan fingerprint density at radius 3 is 2.64 bits per heavy atom. The van der Waals surface area contributed by atoms with E-state index in [9.17, 15) is 0 Å². The minimum absolute atomic E-state index is 0.00352. The molecule has 0 aliphatic carbocycles. The molecule has 0 saturated carbocycles. The van der Waals surface area contributed by atoms with Crippen LogP contribution in [-0.4, -0.2) is 23.1 Å². The molecule has 1 rings (SSSR count). The van der Waals surface area contributed by atoms with E-state index in [1.165, 1.54) is 0 Å². The highest BCUT2D eigenvalue weighted by molar-refractivity contribution is 7.98. The number of nitrogens with two attached hydrogens (primary N) is 1. The topological polar surface area (TPSA) is 58.6 Å². The molecule has 0 bridgehead atoms. The van der Waals surface area contributed by atoms with Gasteiger partial charge >= 0.3 is 0 Å². The van der Waals surface area contributed by atoms with Gasteiger partial charge in [0.05, 0.1) is 5.92 Å². The van der Waals surface area contributed by atoms with Gasteiger partial charge in [0.1, 0.15) is 5.84 Å². The fourth-order valence-electron chi connectivity index (χ4n) is 1.27. The maximum Gasteiger partial charge on any atom is 0.147 e. The van der Waals surface area contributed by atoms with E-state index < -0.39 is 0 Å². The molecule has 0 radical (unpaired) electrons. The standard InChI is InChI=1S/C10H14N2OS/c1-14-7-9(10(11)12-13)8-5-3-2-4-6-8/h2-6,9,13H,7H2,1H3,(H2,11,12). The average Bonchev–Trinajstić information content (AvgIpc) is 2.26. The molecule has 1 aromatic rings. The molecule has 0 aliphatic heterocycles. The Morgan fingerprint density at radius 1 is 1.50 bits per heavy atom. The molecule has 1 atom stereocenters. The van der Waals surface area contributed by atoms with Gasteiger partial charge in [-0.1, -0.05) is 35.5 Å². The highest BCUT2D eigenvalue weighted by Crippen LogP contribution is 2.19. The van der Waals surface area contributed by atoms with Crippen LogP contribution in [-0.2, 0) is 0 Å². The zero-order chi connectivity index (χ0) is 10.4. The van der Waals surface area contributed by atoms with E-state index >= 15 is 0 Å². The second-order valence-electron chi connectivity index (χ2n) is 2.94. The lowest BCUT2D eigenvalue weighted by Gasteiger charge is -2.13. The fraction of sp³-hybridized carbons (Fsp3) is 0.300. The first-order valence-electron chi connectivity index (χ1n) is 4.31. The third-order valence-electron chi connectivity index (χ3n) is 2.01. The first-order chi connectivity index (χ1) is 6.79. The van der Waals surface area contributed by atoms with Gasteiger partial charge in [-0.2, -0.15) is 11.8 Å². The van der Waals surface area contributed by atoms with Crippen LogP contribution in [0.25, 0.3) is 0 Å². The van der Waals surface area contributed by atoms with Gasteiger partial charge in [-0.3, -0.25) is 0 Å². The molecule has 0 spiro atoms. The van der Waals surface area contributed by atoms with Crippen LogP contribution in [0.1, 0.15) is 11.5 Å². The van der Waals surface area contributed by atoms with Gasteiger partial charge < -0.3 is 10.9 Å². The molecule has 4 heteroatoms. The van der Waals surface area contributed by atoms with Crippen molar-refractivity contribution in [3.63, 3.8) is 0 Å². The molecular formula is C10H14N2OS. The van der Waals surface area contributed by atoms with E-state index in [1.807, 2.05) is 36.6 Å². The lowest BCUT2D eigenvalue weighted by molar-refractivity contribution is 0.316. The fourth-order valence-corrected chi connectivity index (χ4v) is 1.97. The molecule has 0 aromatic heterocycles. The lowest BCUT2D eigenvalue weighted by Crippen LogP contribution is -2.23. The highest BCUT2D eigenvalue weighted by Gasteiger charge is 2.15. The number of thioether (sulfide) groups is 1. The van der Waals surface area contributed by atoms with Gasteiger partial charge in [0, 0.05) is 5.75 Å². The molecule has 0 heterocycles. The largest absolute Gasteiger partial charge is 0.409 e. The van der Waals surface area contributed by atoms with Gasteiger partial charge in [-0.25, -0.2) is 0 Å². The predicted octanol–water partition coefficient (Wildman–Crippen LogP) is 1.88. The summed E-state index contributed by atoms with van der Waals surface area (Å²) in [4.78, 5) is 0. The first kappa shape index (κ1) is 10.9.